The number of amides is 2. The predicted molar refractivity (Wildman–Crippen MR) is 95.5 cm³/mol. The van der Waals surface area contributed by atoms with Gasteiger partial charge in [-0.25, -0.2) is 4.98 Å². The van der Waals surface area contributed by atoms with Gasteiger partial charge >= 0.3 is 0 Å². The second kappa shape index (κ2) is 6.55. The van der Waals surface area contributed by atoms with Crippen molar-refractivity contribution in [1.82, 2.24) is 24.8 Å². The molecular weight excluding hydrogens is 330 g/mol. The molecule has 0 aromatic carbocycles. The summed E-state index contributed by atoms with van der Waals surface area (Å²) in [6.45, 7) is 1.23. The van der Waals surface area contributed by atoms with Crippen molar-refractivity contribution in [3.05, 3.63) is 48.3 Å². The summed E-state index contributed by atoms with van der Waals surface area (Å²) in [5.74, 6) is 0.350. The average molecular weight is 353 g/mol. The van der Waals surface area contributed by atoms with Gasteiger partial charge in [-0.15, -0.1) is 0 Å². The Morgan fingerprint density at radius 1 is 1.35 bits per heavy atom. The monoisotopic (exact) mass is 353 g/mol. The molecule has 4 rings (SSSR count). The van der Waals surface area contributed by atoms with E-state index >= 15 is 0 Å². The van der Waals surface area contributed by atoms with Crippen molar-refractivity contribution < 1.29 is 9.59 Å². The molecule has 2 bridgehead atoms. The number of nitrogens with one attached hydrogen (secondary N) is 1. The van der Waals surface area contributed by atoms with Crippen LogP contribution in [0.25, 0.3) is 0 Å². The molecule has 3 heterocycles. The molecule has 0 spiro atoms. The highest BCUT2D eigenvalue weighted by atomic mass is 16.2. The number of aryl methyl sites for hydroxylation is 1. The molecule has 1 saturated carbocycles. The van der Waals surface area contributed by atoms with E-state index in [2.05, 4.69) is 15.3 Å². The first-order chi connectivity index (χ1) is 12.6. The lowest BCUT2D eigenvalue weighted by Crippen LogP contribution is -2.54. The smallest absolute Gasteiger partial charge is 0.274 e. The zero-order valence-electron chi connectivity index (χ0n) is 14.9. The van der Waals surface area contributed by atoms with Crippen LogP contribution in [0.3, 0.4) is 0 Å². The molecule has 1 saturated heterocycles. The molecule has 2 unspecified atom stereocenters. The maximum atomic E-state index is 13.1. The molecule has 136 valence electrons. The van der Waals surface area contributed by atoms with Crippen molar-refractivity contribution >= 4 is 11.8 Å². The van der Waals surface area contributed by atoms with Crippen LogP contribution < -0.4 is 5.32 Å². The zero-order chi connectivity index (χ0) is 18.1. The van der Waals surface area contributed by atoms with E-state index in [1.807, 2.05) is 11.9 Å². The summed E-state index contributed by atoms with van der Waals surface area (Å²) in [7, 11) is 1.86. The van der Waals surface area contributed by atoms with Crippen LogP contribution in [0.2, 0.25) is 0 Å². The number of fused-ring (bicyclic) bond motifs is 2. The van der Waals surface area contributed by atoms with Gasteiger partial charge in [0, 0.05) is 44.3 Å². The quantitative estimate of drug-likeness (QED) is 0.906. The number of hydrogen-bond donors (Lipinski definition) is 1. The molecule has 0 radical (unpaired) electrons. The number of pyridine rings is 1. The van der Waals surface area contributed by atoms with Crippen molar-refractivity contribution in [3.63, 3.8) is 0 Å². The van der Waals surface area contributed by atoms with E-state index in [1.54, 1.807) is 41.6 Å². The minimum absolute atomic E-state index is 0.0341. The molecule has 2 aliphatic rings. The van der Waals surface area contributed by atoms with Gasteiger partial charge < -0.3 is 14.8 Å². The molecule has 2 fully saturated rings. The van der Waals surface area contributed by atoms with Gasteiger partial charge in [-0.3, -0.25) is 14.6 Å². The van der Waals surface area contributed by atoms with Crippen molar-refractivity contribution in [3.8, 4) is 0 Å². The van der Waals surface area contributed by atoms with Crippen LogP contribution in [0, 0.1) is 5.92 Å². The molecule has 2 amide bonds. The second-order valence-corrected chi connectivity index (χ2v) is 7.45. The molecule has 26 heavy (non-hydrogen) atoms. The summed E-state index contributed by atoms with van der Waals surface area (Å²) in [6.07, 6.45) is 10.7. The van der Waals surface area contributed by atoms with Crippen LogP contribution in [0.1, 0.15) is 46.5 Å². The van der Waals surface area contributed by atoms with Gasteiger partial charge in [0.15, 0.2) is 0 Å². The first kappa shape index (κ1) is 16.8. The van der Waals surface area contributed by atoms with E-state index in [1.165, 1.54) is 0 Å². The fourth-order valence-corrected chi connectivity index (χ4v) is 4.38. The van der Waals surface area contributed by atoms with Gasteiger partial charge in [0.2, 0.25) is 0 Å². The highest BCUT2D eigenvalue weighted by molar-refractivity contribution is 5.95. The zero-order valence-corrected chi connectivity index (χ0v) is 14.9. The summed E-state index contributed by atoms with van der Waals surface area (Å²) in [5, 5.41) is 3.04. The Kier molecular flexibility index (Phi) is 4.22. The number of likely N-dealkylation sites (tertiary alicyclic amines) is 1. The van der Waals surface area contributed by atoms with E-state index in [0.29, 0.717) is 23.7 Å². The highest BCUT2D eigenvalue weighted by Crippen LogP contribution is 2.44. The van der Waals surface area contributed by atoms with Crippen LogP contribution in [0.5, 0.6) is 0 Å². The predicted octanol–water partition coefficient (Wildman–Crippen LogP) is 1.63. The Hall–Kier alpha value is -2.70. The molecule has 2 aromatic rings. The lowest BCUT2D eigenvalue weighted by atomic mass is 9.79. The van der Waals surface area contributed by atoms with E-state index in [0.717, 1.165) is 32.2 Å². The van der Waals surface area contributed by atoms with Crippen LogP contribution in [-0.4, -0.2) is 49.9 Å². The third kappa shape index (κ3) is 2.98. The van der Waals surface area contributed by atoms with E-state index < -0.39 is 0 Å². The molecular formula is C19H23N5O2. The number of imidazole rings is 1. The van der Waals surface area contributed by atoms with Gasteiger partial charge in [-0.1, -0.05) is 6.42 Å². The number of rotatable bonds is 4. The van der Waals surface area contributed by atoms with Gasteiger partial charge in [0.25, 0.3) is 11.8 Å². The third-order valence-electron chi connectivity index (χ3n) is 5.63. The second-order valence-electron chi connectivity index (χ2n) is 7.45. The fraction of sp³-hybridized carbons (Fsp3) is 0.474. The topological polar surface area (TPSA) is 80.1 Å². The molecule has 7 nitrogen and oxygen atoms in total. The van der Waals surface area contributed by atoms with Crippen molar-refractivity contribution in [2.24, 2.45) is 13.0 Å². The average Bonchev–Trinajstić information content (AvgIpc) is 3.21. The van der Waals surface area contributed by atoms with Crippen molar-refractivity contribution in [2.75, 3.05) is 13.1 Å². The summed E-state index contributed by atoms with van der Waals surface area (Å²) in [4.78, 5) is 35.6. The number of nitrogens with zero attached hydrogens (tertiary/aromatic N) is 4. The van der Waals surface area contributed by atoms with E-state index in [9.17, 15) is 9.59 Å². The normalized spacial score (nSPS) is 24.5. The Morgan fingerprint density at radius 2 is 2.15 bits per heavy atom. The first-order valence-electron chi connectivity index (χ1n) is 9.06. The number of hydrogen-bond acceptors (Lipinski definition) is 4. The summed E-state index contributed by atoms with van der Waals surface area (Å²) in [6, 6.07) is 3.39. The molecule has 2 atom stereocenters. The van der Waals surface area contributed by atoms with Crippen LogP contribution in [0.4, 0.5) is 0 Å². The first-order valence-corrected chi connectivity index (χ1v) is 9.06. The van der Waals surface area contributed by atoms with Crippen LogP contribution in [0.15, 0.2) is 37.1 Å². The van der Waals surface area contributed by atoms with Crippen LogP contribution >= 0.6 is 0 Å². The highest BCUT2D eigenvalue weighted by Gasteiger charge is 2.50. The number of aromatic nitrogens is 3. The Balaban J connectivity index is 1.53. The lowest BCUT2D eigenvalue weighted by Gasteiger charge is -2.39. The fourth-order valence-electron chi connectivity index (χ4n) is 4.38. The van der Waals surface area contributed by atoms with Crippen LogP contribution in [-0.2, 0) is 7.05 Å². The Labute approximate surface area is 152 Å². The van der Waals surface area contributed by atoms with Gasteiger partial charge in [0.1, 0.15) is 5.69 Å². The Morgan fingerprint density at radius 3 is 2.88 bits per heavy atom. The van der Waals surface area contributed by atoms with Gasteiger partial charge in [0.05, 0.1) is 11.9 Å². The summed E-state index contributed by atoms with van der Waals surface area (Å²) >= 11 is 0. The van der Waals surface area contributed by atoms with Crippen molar-refractivity contribution in [2.45, 2.75) is 31.2 Å². The SMILES string of the molecule is Cn1cnc(C(=O)N2CC3CCCC2(CNC(=O)c2ccncc2)C3)c1. The maximum absolute atomic E-state index is 13.1. The summed E-state index contributed by atoms with van der Waals surface area (Å²) < 4.78 is 1.79. The largest absolute Gasteiger partial charge is 0.350 e. The Bertz CT molecular complexity index is 818. The lowest BCUT2D eigenvalue weighted by molar-refractivity contribution is 0.0552. The molecule has 2 aromatic heterocycles. The van der Waals surface area contributed by atoms with E-state index in [4.69, 9.17) is 0 Å². The van der Waals surface area contributed by atoms with Gasteiger partial charge in [-0.05, 0) is 37.3 Å². The van der Waals surface area contributed by atoms with Gasteiger partial charge in [-0.2, -0.15) is 0 Å². The van der Waals surface area contributed by atoms with E-state index in [-0.39, 0.29) is 17.4 Å². The minimum Gasteiger partial charge on any atom is -0.350 e. The maximum Gasteiger partial charge on any atom is 0.274 e. The molecule has 1 aliphatic heterocycles. The number of carbonyl (C=O) groups excluding carboxylic acids is 2. The summed E-state index contributed by atoms with van der Waals surface area (Å²) in [5.41, 5.74) is 0.754. The minimum atomic E-state index is -0.305. The van der Waals surface area contributed by atoms with Crippen molar-refractivity contribution in [1.29, 1.82) is 0 Å². The standard InChI is InChI=1S/C19H23N5O2/c1-23-11-16(22-13-23)18(26)24-10-14-3-2-6-19(24,9-14)12-21-17(25)15-4-7-20-8-5-15/h4-5,7-8,11,13-14H,2-3,6,9-10,12H2,1H3,(H,21,25). The third-order valence-corrected chi connectivity index (χ3v) is 5.63. The molecule has 1 N–H and O–H groups in total. The molecule has 7 heteroatoms. The number of carbonyl (C=O) groups is 2. The molecule has 1 aliphatic carbocycles.